The van der Waals surface area contributed by atoms with Crippen LogP contribution in [0.15, 0.2) is 156 Å². The fraction of sp³-hybridized carbons (Fsp3) is 0.0488. The molecule has 0 atom stereocenters. The average Bonchev–Trinajstić information content (AvgIpc) is 3.21. The van der Waals surface area contributed by atoms with E-state index in [0.717, 1.165) is 45.0 Å². The summed E-state index contributed by atoms with van der Waals surface area (Å²) < 4.78 is 0. The van der Waals surface area contributed by atoms with Gasteiger partial charge in [0.15, 0.2) is 5.43 Å². The van der Waals surface area contributed by atoms with Crippen molar-refractivity contribution in [1.29, 1.82) is 0 Å². The van der Waals surface area contributed by atoms with Crippen LogP contribution in [0.3, 0.4) is 0 Å². The monoisotopic (exact) mass is 549 g/mol. The Morgan fingerprint density at radius 1 is 0.465 bits per heavy atom. The predicted octanol–water partition coefficient (Wildman–Crippen LogP) is 9.42. The zero-order valence-electron chi connectivity index (χ0n) is 23.5. The molecule has 202 valence electrons. The van der Waals surface area contributed by atoms with E-state index in [4.69, 9.17) is 0 Å². The van der Waals surface area contributed by atoms with Crippen LogP contribution in [0.25, 0.3) is 21.5 Å². The van der Waals surface area contributed by atoms with Gasteiger partial charge in [-0.15, -0.1) is 0 Å². The molecule has 0 N–H and O–H groups in total. The largest absolute Gasteiger partial charge is 0.310 e. The SMILES string of the molecule is O=c1c2ccccc2ccc2ccc(N3c4ccccc4C4(c5ccccc5Cc5ccccc54)c4ccccc43)cc12. The summed E-state index contributed by atoms with van der Waals surface area (Å²) in [7, 11) is 0. The zero-order valence-corrected chi connectivity index (χ0v) is 23.5. The Balaban J connectivity index is 1.38. The summed E-state index contributed by atoms with van der Waals surface area (Å²) in [6, 6.07) is 53.8. The summed E-state index contributed by atoms with van der Waals surface area (Å²) in [5.74, 6) is 0. The molecule has 1 heterocycles. The molecular weight excluding hydrogens is 522 g/mol. The second kappa shape index (κ2) is 9.01. The number of benzene rings is 6. The second-order valence-electron chi connectivity index (χ2n) is 11.6. The molecule has 2 nitrogen and oxygen atoms in total. The predicted molar refractivity (Wildman–Crippen MR) is 177 cm³/mol. The molecule has 43 heavy (non-hydrogen) atoms. The van der Waals surface area contributed by atoms with E-state index in [-0.39, 0.29) is 5.43 Å². The minimum atomic E-state index is -0.460. The van der Waals surface area contributed by atoms with Crippen molar-refractivity contribution < 1.29 is 0 Å². The minimum absolute atomic E-state index is 0.0580. The summed E-state index contributed by atoms with van der Waals surface area (Å²) in [6.45, 7) is 0. The molecule has 7 aromatic carbocycles. The molecular formula is C41H27NO. The first kappa shape index (κ1) is 24.2. The third-order valence-electron chi connectivity index (χ3n) is 9.51. The molecule has 0 saturated heterocycles. The van der Waals surface area contributed by atoms with Crippen molar-refractivity contribution in [2.45, 2.75) is 11.8 Å². The molecule has 0 unspecified atom stereocenters. The lowest BCUT2D eigenvalue weighted by Crippen LogP contribution is -2.41. The van der Waals surface area contributed by atoms with E-state index >= 15 is 0 Å². The Bertz CT molecular complexity index is 2220. The fourth-order valence-electron chi connectivity index (χ4n) is 7.73. The third-order valence-corrected chi connectivity index (χ3v) is 9.51. The van der Waals surface area contributed by atoms with E-state index in [1.165, 1.54) is 33.4 Å². The average molecular weight is 550 g/mol. The van der Waals surface area contributed by atoms with Crippen LogP contribution in [0.4, 0.5) is 17.1 Å². The molecule has 0 saturated carbocycles. The van der Waals surface area contributed by atoms with E-state index < -0.39 is 5.41 Å². The number of hydrogen-bond acceptors (Lipinski definition) is 2. The molecule has 7 aromatic rings. The Kier molecular flexibility index (Phi) is 5.06. The van der Waals surface area contributed by atoms with Gasteiger partial charge in [0.05, 0.1) is 16.8 Å². The molecule has 2 heteroatoms. The number of anilines is 3. The molecule has 9 rings (SSSR count). The lowest BCUT2D eigenvalue weighted by atomic mass is 9.58. The maximum absolute atomic E-state index is 13.9. The highest BCUT2D eigenvalue weighted by atomic mass is 16.1. The van der Waals surface area contributed by atoms with E-state index in [1.807, 2.05) is 30.3 Å². The smallest absolute Gasteiger partial charge is 0.194 e. The first-order valence-electron chi connectivity index (χ1n) is 14.9. The number of fused-ring (bicyclic) bond motifs is 10. The molecule has 2 aliphatic rings. The second-order valence-corrected chi connectivity index (χ2v) is 11.6. The van der Waals surface area contributed by atoms with Crippen molar-refractivity contribution in [3.8, 4) is 0 Å². The summed E-state index contributed by atoms with van der Waals surface area (Å²) in [6.07, 6.45) is 0.921. The molecule has 0 bridgehead atoms. The number of para-hydroxylation sites is 2. The maximum Gasteiger partial charge on any atom is 0.194 e. The van der Waals surface area contributed by atoms with Gasteiger partial charge in [-0.1, -0.05) is 127 Å². The van der Waals surface area contributed by atoms with Gasteiger partial charge >= 0.3 is 0 Å². The Morgan fingerprint density at radius 3 is 1.60 bits per heavy atom. The van der Waals surface area contributed by atoms with Crippen molar-refractivity contribution in [3.05, 3.63) is 195 Å². The lowest BCUT2D eigenvalue weighted by Gasteiger charge is -2.49. The molecule has 1 aliphatic carbocycles. The van der Waals surface area contributed by atoms with Crippen molar-refractivity contribution in [2.75, 3.05) is 4.90 Å². The molecule has 1 aliphatic heterocycles. The van der Waals surface area contributed by atoms with Gasteiger partial charge in [0, 0.05) is 16.5 Å². The van der Waals surface area contributed by atoms with Crippen LogP contribution in [0.5, 0.6) is 0 Å². The first-order chi connectivity index (χ1) is 21.2. The van der Waals surface area contributed by atoms with Gasteiger partial charge in [-0.25, -0.2) is 0 Å². The van der Waals surface area contributed by atoms with Crippen LogP contribution in [-0.4, -0.2) is 0 Å². The molecule has 0 radical (unpaired) electrons. The van der Waals surface area contributed by atoms with E-state index in [2.05, 4.69) is 126 Å². The highest BCUT2D eigenvalue weighted by molar-refractivity contribution is 5.97. The van der Waals surface area contributed by atoms with E-state index in [1.54, 1.807) is 0 Å². The van der Waals surface area contributed by atoms with E-state index in [0.29, 0.717) is 0 Å². The van der Waals surface area contributed by atoms with Gasteiger partial charge in [-0.3, -0.25) is 4.79 Å². The summed E-state index contributed by atoms with van der Waals surface area (Å²) in [4.78, 5) is 16.3. The van der Waals surface area contributed by atoms with Crippen LogP contribution < -0.4 is 10.3 Å². The van der Waals surface area contributed by atoms with Crippen LogP contribution in [0, 0.1) is 0 Å². The minimum Gasteiger partial charge on any atom is -0.310 e. The van der Waals surface area contributed by atoms with Crippen molar-refractivity contribution >= 4 is 38.6 Å². The van der Waals surface area contributed by atoms with Crippen LogP contribution in [0.1, 0.15) is 33.4 Å². The van der Waals surface area contributed by atoms with Crippen molar-refractivity contribution in [1.82, 2.24) is 0 Å². The maximum atomic E-state index is 13.9. The van der Waals surface area contributed by atoms with Crippen LogP contribution >= 0.6 is 0 Å². The first-order valence-corrected chi connectivity index (χ1v) is 14.9. The number of rotatable bonds is 1. The summed E-state index contributed by atoms with van der Waals surface area (Å²) in [5.41, 5.74) is 10.7. The molecule has 0 aromatic heterocycles. The highest BCUT2D eigenvalue weighted by Crippen LogP contribution is 2.60. The van der Waals surface area contributed by atoms with Gasteiger partial charge in [0.2, 0.25) is 0 Å². The van der Waals surface area contributed by atoms with Crippen LogP contribution in [-0.2, 0) is 11.8 Å². The van der Waals surface area contributed by atoms with Crippen LogP contribution in [0.2, 0.25) is 0 Å². The fourth-order valence-corrected chi connectivity index (χ4v) is 7.73. The quantitative estimate of drug-likeness (QED) is 0.203. The standard InChI is InChI=1S/C41H27NO/c43-40-32-14-4-1-11-27(32)21-22-28-23-24-31(26-33(28)40)42-38-19-9-7-17-36(38)41(37-18-8-10-20-39(37)42)34-15-5-2-12-29(34)25-30-13-3-6-16-35(30)41/h1-24,26H,25H2. The van der Waals surface area contributed by atoms with Gasteiger partial charge in [0.1, 0.15) is 0 Å². The van der Waals surface area contributed by atoms with Crippen molar-refractivity contribution in [2.24, 2.45) is 0 Å². The van der Waals surface area contributed by atoms with Gasteiger partial charge in [-0.2, -0.15) is 0 Å². The lowest BCUT2D eigenvalue weighted by molar-refractivity contribution is 0.693. The third kappa shape index (κ3) is 3.26. The van der Waals surface area contributed by atoms with Gasteiger partial charge in [0.25, 0.3) is 0 Å². The molecule has 0 fully saturated rings. The summed E-state index contributed by atoms with van der Waals surface area (Å²) >= 11 is 0. The summed E-state index contributed by atoms with van der Waals surface area (Å²) in [5, 5.41) is 3.36. The Labute approximate surface area is 250 Å². The van der Waals surface area contributed by atoms with Crippen molar-refractivity contribution in [3.63, 3.8) is 0 Å². The number of hydrogen-bond donors (Lipinski definition) is 0. The Hall–Kier alpha value is -5.47. The molecule has 0 amide bonds. The number of nitrogens with zero attached hydrogens (tertiary/aromatic N) is 1. The van der Waals surface area contributed by atoms with Gasteiger partial charge < -0.3 is 4.90 Å². The zero-order chi connectivity index (χ0) is 28.5. The normalized spacial score (nSPS) is 14.2. The highest BCUT2D eigenvalue weighted by Gasteiger charge is 2.49. The topological polar surface area (TPSA) is 20.3 Å². The Morgan fingerprint density at radius 2 is 0.953 bits per heavy atom. The molecule has 1 spiro atoms. The van der Waals surface area contributed by atoms with E-state index in [9.17, 15) is 4.79 Å². The van der Waals surface area contributed by atoms with Gasteiger partial charge in [-0.05, 0) is 74.8 Å².